The van der Waals surface area contributed by atoms with E-state index in [1.165, 1.54) is 6.42 Å². The van der Waals surface area contributed by atoms with Crippen LogP contribution in [0.2, 0.25) is 0 Å². The zero-order valence-electron chi connectivity index (χ0n) is 9.81. The third kappa shape index (κ3) is 4.18. The van der Waals surface area contributed by atoms with Gasteiger partial charge in [0.1, 0.15) is 0 Å². The summed E-state index contributed by atoms with van der Waals surface area (Å²) in [4.78, 5) is 11.4. The number of rotatable bonds is 6. The largest absolute Gasteiger partial charge is 0.353 e. The van der Waals surface area contributed by atoms with Gasteiger partial charge in [-0.05, 0) is 32.6 Å². The summed E-state index contributed by atoms with van der Waals surface area (Å²) in [6.07, 6.45) is 4.34. The molecular formula is C11H23N3O. The smallest absolute Gasteiger partial charge is 0.234 e. The van der Waals surface area contributed by atoms with Crippen LogP contribution in [0.5, 0.6) is 0 Å². The van der Waals surface area contributed by atoms with Crippen LogP contribution < -0.4 is 16.4 Å². The Bertz CT molecular complexity index is 214. The number of carbonyl (C=O) groups excluding carboxylic acids is 1. The fourth-order valence-corrected chi connectivity index (χ4v) is 1.66. The van der Waals surface area contributed by atoms with E-state index in [4.69, 9.17) is 5.73 Å². The fraction of sp³-hybridized carbons (Fsp3) is 0.909. The van der Waals surface area contributed by atoms with Crippen molar-refractivity contribution in [2.24, 2.45) is 5.73 Å². The first-order valence-corrected chi connectivity index (χ1v) is 5.85. The van der Waals surface area contributed by atoms with Crippen LogP contribution in [-0.2, 0) is 4.79 Å². The minimum absolute atomic E-state index is 0.0450. The highest BCUT2D eigenvalue weighted by Crippen LogP contribution is 2.27. The molecule has 1 fully saturated rings. The van der Waals surface area contributed by atoms with E-state index in [-0.39, 0.29) is 17.5 Å². The van der Waals surface area contributed by atoms with Crippen molar-refractivity contribution in [2.75, 3.05) is 13.1 Å². The van der Waals surface area contributed by atoms with Crippen molar-refractivity contribution >= 4 is 5.91 Å². The third-order valence-electron chi connectivity index (χ3n) is 3.13. The lowest BCUT2D eigenvalue weighted by atomic mass is 9.78. The normalized spacial score (nSPS) is 20.5. The highest BCUT2D eigenvalue weighted by Gasteiger charge is 2.31. The number of nitrogens with two attached hydrogens (primary N) is 1. The van der Waals surface area contributed by atoms with Gasteiger partial charge < -0.3 is 16.4 Å². The summed E-state index contributed by atoms with van der Waals surface area (Å²) in [5.74, 6) is 0.0623. The van der Waals surface area contributed by atoms with Gasteiger partial charge in [0.25, 0.3) is 0 Å². The molecule has 0 bridgehead atoms. The second-order valence-corrected chi connectivity index (χ2v) is 4.70. The average molecular weight is 213 g/mol. The number of carbonyl (C=O) groups is 1. The van der Waals surface area contributed by atoms with Crippen molar-refractivity contribution in [2.45, 2.75) is 51.1 Å². The van der Waals surface area contributed by atoms with Crippen LogP contribution in [0.15, 0.2) is 0 Å². The van der Waals surface area contributed by atoms with E-state index in [9.17, 15) is 4.79 Å². The van der Waals surface area contributed by atoms with E-state index in [2.05, 4.69) is 17.6 Å². The molecule has 0 saturated heterocycles. The molecule has 4 nitrogen and oxygen atoms in total. The van der Waals surface area contributed by atoms with Crippen LogP contribution in [0.3, 0.4) is 0 Å². The van der Waals surface area contributed by atoms with Crippen LogP contribution in [-0.4, -0.2) is 30.6 Å². The van der Waals surface area contributed by atoms with Gasteiger partial charge in [-0.1, -0.05) is 6.92 Å². The van der Waals surface area contributed by atoms with Crippen LogP contribution in [0.25, 0.3) is 0 Å². The predicted octanol–water partition coefficient (Wildman–Crippen LogP) is 0.372. The molecular weight excluding hydrogens is 190 g/mol. The van der Waals surface area contributed by atoms with E-state index in [1.807, 2.05) is 6.92 Å². The molecule has 1 aliphatic carbocycles. The molecule has 1 aliphatic rings. The van der Waals surface area contributed by atoms with Crippen molar-refractivity contribution in [3.8, 4) is 0 Å². The van der Waals surface area contributed by atoms with Crippen LogP contribution in [0.4, 0.5) is 0 Å². The average Bonchev–Trinajstić information content (AvgIpc) is 2.15. The summed E-state index contributed by atoms with van der Waals surface area (Å²) in [6.45, 7) is 5.19. The van der Waals surface area contributed by atoms with Gasteiger partial charge in [-0.15, -0.1) is 0 Å². The molecule has 0 radical (unpaired) electrons. The Labute approximate surface area is 92.0 Å². The van der Waals surface area contributed by atoms with Crippen molar-refractivity contribution < 1.29 is 4.79 Å². The second kappa shape index (κ2) is 5.47. The van der Waals surface area contributed by atoms with Gasteiger partial charge in [-0.3, -0.25) is 4.79 Å². The van der Waals surface area contributed by atoms with E-state index >= 15 is 0 Å². The van der Waals surface area contributed by atoms with Gasteiger partial charge in [0.05, 0.1) is 6.54 Å². The van der Waals surface area contributed by atoms with Crippen LogP contribution in [0.1, 0.15) is 39.5 Å². The topological polar surface area (TPSA) is 67.2 Å². The Kier molecular flexibility index (Phi) is 4.54. The number of nitrogens with one attached hydrogen (secondary N) is 2. The Morgan fingerprint density at radius 2 is 2.20 bits per heavy atom. The molecule has 4 heteroatoms. The van der Waals surface area contributed by atoms with Crippen molar-refractivity contribution in [3.05, 3.63) is 0 Å². The molecule has 15 heavy (non-hydrogen) atoms. The van der Waals surface area contributed by atoms with Gasteiger partial charge in [-0.2, -0.15) is 0 Å². The molecule has 0 aromatic carbocycles. The van der Waals surface area contributed by atoms with Crippen molar-refractivity contribution in [1.29, 1.82) is 0 Å². The van der Waals surface area contributed by atoms with E-state index in [0.29, 0.717) is 6.54 Å². The lowest BCUT2D eigenvalue weighted by molar-refractivity contribution is -0.120. The maximum atomic E-state index is 11.4. The highest BCUT2D eigenvalue weighted by molar-refractivity contribution is 5.78. The molecule has 1 rings (SSSR count). The molecule has 4 N–H and O–H groups in total. The number of amides is 1. The van der Waals surface area contributed by atoms with Crippen LogP contribution >= 0.6 is 0 Å². The molecule has 0 heterocycles. The standard InChI is InChI=1S/C11H23N3O/c1-3-9(2)14-10(15)7-13-8-11(12)5-4-6-11/h9,13H,3-8,12H2,1-2H3,(H,14,15). The van der Waals surface area contributed by atoms with E-state index < -0.39 is 0 Å². The summed E-state index contributed by atoms with van der Waals surface area (Å²) in [5, 5.41) is 6.03. The first-order valence-electron chi connectivity index (χ1n) is 5.85. The molecule has 0 aromatic rings. The number of hydrogen-bond acceptors (Lipinski definition) is 3. The van der Waals surface area contributed by atoms with E-state index in [0.717, 1.165) is 25.8 Å². The zero-order chi connectivity index (χ0) is 11.3. The SMILES string of the molecule is CCC(C)NC(=O)CNCC1(N)CCC1. The minimum atomic E-state index is -0.0450. The molecule has 1 unspecified atom stereocenters. The molecule has 0 aliphatic heterocycles. The first-order chi connectivity index (χ1) is 7.06. The van der Waals surface area contributed by atoms with Crippen molar-refractivity contribution in [1.82, 2.24) is 10.6 Å². The van der Waals surface area contributed by atoms with Crippen molar-refractivity contribution in [3.63, 3.8) is 0 Å². The molecule has 0 spiro atoms. The molecule has 0 aromatic heterocycles. The summed E-state index contributed by atoms with van der Waals surface area (Å²) in [7, 11) is 0. The van der Waals surface area contributed by atoms with Gasteiger partial charge in [0, 0.05) is 18.1 Å². The maximum absolute atomic E-state index is 11.4. The Balaban J connectivity index is 2.06. The summed E-state index contributed by atoms with van der Waals surface area (Å²) in [6, 6.07) is 0.259. The first kappa shape index (κ1) is 12.5. The zero-order valence-corrected chi connectivity index (χ0v) is 9.81. The predicted molar refractivity (Wildman–Crippen MR) is 61.5 cm³/mol. The monoisotopic (exact) mass is 213 g/mol. The molecule has 88 valence electrons. The molecule has 1 atom stereocenters. The van der Waals surface area contributed by atoms with Gasteiger partial charge in [0.15, 0.2) is 0 Å². The minimum Gasteiger partial charge on any atom is -0.353 e. The van der Waals surface area contributed by atoms with Gasteiger partial charge in [-0.25, -0.2) is 0 Å². The quantitative estimate of drug-likeness (QED) is 0.597. The lowest BCUT2D eigenvalue weighted by Crippen LogP contribution is -2.55. The maximum Gasteiger partial charge on any atom is 0.234 e. The number of hydrogen-bond donors (Lipinski definition) is 3. The molecule has 1 saturated carbocycles. The summed E-state index contributed by atoms with van der Waals surface area (Å²) < 4.78 is 0. The summed E-state index contributed by atoms with van der Waals surface area (Å²) in [5.41, 5.74) is 5.98. The second-order valence-electron chi connectivity index (χ2n) is 4.70. The molecule has 1 amide bonds. The Hall–Kier alpha value is -0.610. The third-order valence-corrected chi connectivity index (χ3v) is 3.13. The van der Waals surface area contributed by atoms with E-state index in [1.54, 1.807) is 0 Å². The summed E-state index contributed by atoms with van der Waals surface area (Å²) >= 11 is 0. The Morgan fingerprint density at radius 1 is 1.53 bits per heavy atom. The fourth-order valence-electron chi connectivity index (χ4n) is 1.66. The van der Waals surface area contributed by atoms with Gasteiger partial charge >= 0.3 is 0 Å². The van der Waals surface area contributed by atoms with Gasteiger partial charge in [0.2, 0.25) is 5.91 Å². The highest BCUT2D eigenvalue weighted by atomic mass is 16.1. The Morgan fingerprint density at radius 3 is 2.67 bits per heavy atom. The van der Waals surface area contributed by atoms with Crippen LogP contribution in [0, 0.1) is 0 Å². The lowest BCUT2D eigenvalue weighted by Gasteiger charge is -2.38.